The van der Waals surface area contributed by atoms with Crippen molar-refractivity contribution in [1.29, 1.82) is 0 Å². The van der Waals surface area contributed by atoms with E-state index in [1.165, 1.54) is 12.8 Å². The van der Waals surface area contributed by atoms with Crippen molar-refractivity contribution in [2.45, 2.75) is 70.9 Å². The molecule has 0 radical (unpaired) electrons. The van der Waals surface area contributed by atoms with Crippen LogP contribution in [-0.4, -0.2) is 57.1 Å². The van der Waals surface area contributed by atoms with E-state index in [0.29, 0.717) is 26.0 Å². The van der Waals surface area contributed by atoms with Crippen molar-refractivity contribution in [2.75, 3.05) is 39.3 Å². The molecule has 216 valence electrons. The Morgan fingerprint density at radius 1 is 0.795 bits per heavy atom. The number of unbranched alkanes of at least 4 members (excludes halogenated alkanes) is 2. The van der Waals surface area contributed by atoms with Crippen LogP contribution in [0.2, 0.25) is 0 Å². The van der Waals surface area contributed by atoms with Crippen molar-refractivity contribution >= 4 is 11.8 Å². The molecule has 0 saturated heterocycles. The average Bonchev–Trinajstić information content (AvgIpc) is 2.95. The van der Waals surface area contributed by atoms with Crippen LogP contribution in [0.5, 0.6) is 5.75 Å². The van der Waals surface area contributed by atoms with E-state index in [4.69, 9.17) is 10.5 Å². The summed E-state index contributed by atoms with van der Waals surface area (Å²) in [5.74, 6) is 0.516. The van der Waals surface area contributed by atoms with E-state index >= 15 is 0 Å². The number of carbonyl (C=O) groups excluding carboxylic acids is 2. The third kappa shape index (κ3) is 15.3. The molecular formula is C31H49N5O3. The van der Waals surface area contributed by atoms with Crippen LogP contribution in [0.3, 0.4) is 0 Å². The third-order valence-electron chi connectivity index (χ3n) is 6.33. The number of nitrogens with two attached hydrogens (primary N) is 1. The molecule has 1 atom stereocenters. The van der Waals surface area contributed by atoms with Gasteiger partial charge in [0.15, 0.2) is 0 Å². The van der Waals surface area contributed by atoms with Crippen molar-refractivity contribution < 1.29 is 14.3 Å². The normalized spacial score (nSPS) is 11.6. The Morgan fingerprint density at radius 3 is 2.13 bits per heavy atom. The molecule has 0 fully saturated rings. The summed E-state index contributed by atoms with van der Waals surface area (Å²) >= 11 is 0. The predicted molar refractivity (Wildman–Crippen MR) is 159 cm³/mol. The zero-order valence-corrected chi connectivity index (χ0v) is 23.7. The van der Waals surface area contributed by atoms with Gasteiger partial charge in [-0.15, -0.1) is 0 Å². The van der Waals surface area contributed by atoms with Gasteiger partial charge in [-0.05, 0) is 88.1 Å². The first-order valence-electron chi connectivity index (χ1n) is 14.6. The molecule has 2 rings (SSSR count). The van der Waals surface area contributed by atoms with Gasteiger partial charge in [-0.2, -0.15) is 0 Å². The molecule has 39 heavy (non-hydrogen) atoms. The summed E-state index contributed by atoms with van der Waals surface area (Å²) in [6, 6.07) is 17.1. The number of hydrogen-bond donors (Lipinski definition) is 5. The lowest BCUT2D eigenvalue weighted by Gasteiger charge is -2.19. The molecule has 0 unspecified atom stereocenters. The first-order valence-corrected chi connectivity index (χ1v) is 14.6. The predicted octanol–water partition coefficient (Wildman–Crippen LogP) is 3.30. The van der Waals surface area contributed by atoms with E-state index in [9.17, 15) is 9.59 Å². The highest BCUT2D eigenvalue weighted by molar-refractivity contribution is 5.87. The molecule has 6 N–H and O–H groups in total. The van der Waals surface area contributed by atoms with Crippen molar-refractivity contribution in [1.82, 2.24) is 21.3 Å². The maximum Gasteiger partial charge on any atom is 0.242 e. The maximum atomic E-state index is 12.9. The topological polar surface area (TPSA) is 118 Å². The second-order valence-electron chi connectivity index (χ2n) is 9.84. The molecule has 0 heterocycles. The van der Waals surface area contributed by atoms with Crippen LogP contribution >= 0.6 is 0 Å². The summed E-state index contributed by atoms with van der Waals surface area (Å²) < 4.78 is 5.86. The monoisotopic (exact) mass is 539 g/mol. The molecule has 2 amide bonds. The van der Waals surface area contributed by atoms with Crippen LogP contribution in [0.15, 0.2) is 54.6 Å². The van der Waals surface area contributed by atoms with Crippen LogP contribution in [0.4, 0.5) is 0 Å². The first kappa shape index (κ1) is 32.3. The summed E-state index contributed by atoms with van der Waals surface area (Å²) in [5.41, 5.74) is 7.58. The minimum Gasteiger partial charge on any atom is -0.489 e. The zero-order valence-electron chi connectivity index (χ0n) is 23.7. The number of carbonyl (C=O) groups is 2. The Hall–Kier alpha value is -2.94. The number of nitrogens with one attached hydrogen (secondary N) is 4. The van der Waals surface area contributed by atoms with Crippen molar-refractivity contribution in [2.24, 2.45) is 5.73 Å². The summed E-state index contributed by atoms with van der Waals surface area (Å²) in [6.45, 7) is 7.64. The van der Waals surface area contributed by atoms with Gasteiger partial charge in [0, 0.05) is 19.4 Å². The van der Waals surface area contributed by atoms with Gasteiger partial charge in [-0.25, -0.2) is 0 Å². The smallest absolute Gasteiger partial charge is 0.242 e. The Bertz CT molecular complexity index is 908. The summed E-state index contributed by atoms with van der Waals surface area (Å²) in [6.07, 6.45) is 6.95. The van der Waals surface area contributed by atoms with E-state index in [1.54, 1.807) is 0 Å². The van der Waals surface area contributed by atoms with Crippen LogP contribution in [0.1, 0.15) is 63.0 Å². The van der Waals surface area contributed by atoms with Crippen LogP contribution in [0, 0.1) is 0 Å². The number of hydrogen-bond acceptors (Lipinski definition) is 6. The molecule has 8 nitrogen and oxygen atoms in total. The SMILES string of the molecule is CCCC(=O)N[C@@H](Cc1ccc(OCc2ccccc2)cc1)C(=O)NCCCNCCCNCCCCCN. The Labute approximate surface area is 234 Å². The van der Waals surface area contributed by atoms with Gasteiger partial charge in [-0.1, -0.05) is 55.8 Å². The molecule has 2 aromatic carbocycles. The van der Waals surface area contributed by atoms with E-state index in [-0.39, 0.29) is 11.8 Å². The quantitative estimate of drug-likeness (QED) is 0.147. The van der Waals surface area contributed by atoms with Crippen LogP contribution in [0.25, 0.3) is 0 Å². The molecule has 0 aliphatic heterocycles. The highest BCUT2D eigenvalue weighted by Crippen LogP contribution is 2.15. The fraction of sp³-hybridized carbons (Fsp3) is 0.548. The third-order valence-corrected chi connectivity index (χ3v) is 6.33. The fourth-order valence-corrected chi connectivity index (χ4v) is 4.11. The van der Waals surface area contributed by atoms with Crippen LogP contribution in [-0.2, 0) is 22.6 Å². The highest BCUT2D eigenvalue weighted by Gasteiger charge is 2.20. The van der Waals surface area contributed by atoms with E-state index in [0.717, 1.165) is 75.3 Å². The minimum atomic E-state index is -0.607. The summed E-state index contributed by atoms with van der Waals surface area (Å²) in [5, 5.41) is 12.8. The van der Waals surface area contributed by atoms with Crippen LogP contribution < -0.4 is 31.7 Å². The Balaban J connectivity index is 1.69. The lowest BCUT2D eigenvalue weighted by molar-refractivity contribution is -0.129. The number of ether oxygens (including phenoxy) is 1. The van der Waals surface area contributed by atoms with Crippen molar-refractivity contribution in [3.63, 3.8) is 0 Å². The molecule has 0 aliphatic carbocycles. The van der Waals surface area contributed by atoms with E-state index in [2.05, 4.69) is 21.3 Å². The van der Waals surface area contributed by atoms with Gasteiger partial charge in [-0.3, -0.25) is 9.59 Å². The molecule has 0 spiro atoms. The Morgan fingerprint density at radius 2 is 1.46 bits per heavy atom. The lowest BCUT2D eigenvalue weighted by atomic mass is 10.0. The largest absolute Gasteiger partial charge is 0.489 e. The first-order chi connectivity index (χ1) is 19.1. The second kappa shape index (κ2) is 21.0. The molecule has 0 aliphatic rings. The Kier molecular flexibility index (Phi) is 17.3. The molecule has 0 saturated carbocycles. The van der Waals surface area contributed by atoms with Gasteiger partial charge in [0.25, 0.3) is 0 Å². The number of rotatable bonds is 22. The average molecular weight is 540 g/mol. The summed E-state index contributed by atoms with van der Waals surface area (Å²) in [7, 11) is 0. The lowest BCUT2D eigenvalue weighted by Crippen LogP contribution is -2.48. The van der Waals surface area contributed by atoms with Crippen molar-refractivity contribution in [3.8, 4) is 5.75 Å². The number of benzene rings is 2. The zero-order chi connectivity index (χ0) is 28.0. The van der Waals surface area contributed by atoms with Gasteiger partial charge in [0.1, 0.15) is 18.4 Å². The van der Waals surface area contributed by atoms with Gasteiger partial charge < -0.3 is 31.7 Å². The standard InChI is InChI=1S/C31H49N5O3/c1-2-11-30(37)36-29(24-26-14-16-28(17-15-26)39-25-27-12-5-3-6-13-27)31(38)35-23-10-22-34-21-9-20-33-19-8-4-7-18-32/h3,5-6,12-17,29,33-34H,2,4,7-11,18-25,32H2,1H3,(H,35,38)(H,36,37)/t29-/m0/s1. The van der Waals surface area contributed by atoms with Gasteiger partial charge in [0.05, 0.1) is 0 Å². The van der Waals surface area contributed by atoms with Gasteiger partial charge in [0.2, 0.25) is 11.8 Å². The van der Waals surface area contributed by atoms with E-state index in [1.807, 2.05) is 61.5 Å². The molecule has 8 heteroatoms. The maximum absolute atomic E-state index is 12.9. The summed E-state index contributed by atoms with van der Waals surface area (Å²) in [4.78, 5) is 25.2. The van der Waals surface area contributed by atoms with E-state index < -0.39 is 6.04 Å². The van der Waals surface area contributed by atoms with Gasteiger partial charge >= 0.3 is 0 Å². The second-order valence-corrected chi connectivity index (χ2v) is 9.84. The number of amides is 2. The molecular weight excluding hydrogens is 490 g/mol. The van der Waals surface area contributed by atoms with Crippen molar-refractivity contribution in [3.05, 3.63) is 65.7 Å². The highest BCUT2D eigenvalue weighted by atomic mass is 16.5. The molecule has 0 bridgehead atoms. The minimum absolute atomic E-state index is 0.102. The molecule has 0 aromatic heterocycles. The molecule has 2 aromatic rings. The fourth-order valence-electron chi connectivity index (χ4n) is 4.11.